The van der Waals surface area contributed by atoms with E-state index in [0.29, 0.717) is 12.4 Å². The van der Waals surface area contributed by atoms with E-state index in [4.69, 9.17) is 4.74 Å². The molecule has 1 aliphatic heterocycles. The molecule has 0 spiro atoms. The molecule has 70 valence electrons. The van der Waals surface area contributed by atoms with Crippen molar-refractivity contribution < 1.29 is 9.84 Å². The van der Waals surface area contributed by atoms with Crippen LogP contribution in [0, 0.1) is 6.92 Å². The fraction of sp³-hybridized carbons (Fsp3) is 0.455. The van der Waals surface area contributed by atoms with Crippen molar-refractivity contribution in [2.24, 2.45) is 0 Å². The molecule has 0 aliphatic carbocycles. The van der Waals surface area contributed by atoms with E-state index >= 15 is 0 Å². The van der Waals surface area contributed by atoms with Crippen LogP contribution in [-0.4, -0.2) is 11.2 Å². The molecule has 0 fully saturated rings. The smallest absolute Gasteiger partial charge is 0.124 e. The predicted molar refractivity (Wildman–Crippen MR) is 50.8 cm³/mol. The van der Waals surface area contributed by atoms with Crippen LogP contribution in [-0.2, 0) is 17.8 Å². The van der Waals surface area contributed by atoms with Crippen LogP contribution in [0.25, 0.3) is 0 Å². The minimum Gasteiger partial charge on any atom is -0.507 e. The summed E-state index contributed by atoms with van der Waals surface area (Å²) in [5.41, 5.74) is 3.12. The summed E-state index contributed by atoms with van der Waals surface area (Å²) in [5, 5.41) is 9.75. The Morgan fingerprint density at radius 3 is 3.00 bits per heavy atom. The summed E-state index contributed by atoms with van der Waals surface area (Å²) in [6.45, 7) is 4.51. The summed E-state index contributed by atoms with van der Waals surface area (Å²) >= 11 is 0. The van der Waals surface area contributed by atoms with Crippen molar-refractivity contribution in [3.8, 4) is 5.75 Å². The largest absolute Gasteiger partial charge is 0.507 e. The highest BCUT2D eigenvalue weighted by atomic mass is 16.5. The van der Waals surface area contributed by atoms with Crippen LogP contribution in [0.3, 0.4) is 0 Å². The van der Waals surface area contributed by atoms with E-state index in [1.165, 1.54) is 5.56 Å². The number of benzene rings is 1. The van der Waals surface area contributed by atoms with Crippen molar-refractivity contribution in [1.82, 2.24) is 0 Å². The fourth-order valence-electron chi connectivity index (χ4n) is 1.74. The van der Waals surface area contributed by atoms with Crippen molar-refractivity contribution in [3.05, 3.63) is 28.8 Å². The Hall–Kier alpha value is -1.02. The maximum Gasteiger partial charge on any atom is 0.124 e. The van der Waals surface area contributed by atoms with Gasteiger partial charge in [0.05, 0.1) is 12.7 Å². The number of aromatic hydroxyl groups is 1. The second kappa shape index (κ2) is 3.04. The Morgan fingerprint density at radius 1 is 1.46 bits per heavy atom. The van der Waals surface area contributed by atoms with Crippen molar-refractivity contribution in [1.29, 1.82) is 0 Å². The average Bonchev–Trinajstić information content (AvgIpc) is 2.12. The van der Waals surface area contributed by atoms with Crippen molar-refractivity contribution in [3.63, 3.8) is 0 Å². The fourth-order valence-corrected chi connectivity index (χ4v) is 1.74. The van der Waals surface area contributed by atoms with Gasteiger partial charge in [0.1, 0.15) is 5.75 Å². The van der Waals surface area contributed by atoms with Crippen LogP contribution in [0.5, 0.6) is 5.75 Å². The number of ether oxygens (including phenoxy) is 1. The van der Waals surface area contributed by atoms with Gasteiger partial charge in [0.25, 0.3) is 0 Å². The van der Waals surface area contributed by atoms with Gasteiger partial charge in [0.15, 0.2) is 0 Å². The molecule has 0 saturated carbocycles. The first-order chi connectivity index (χ1) is 6.18. The molecule has 1 atom stereocenters. The average molecular weight is 178 g/mol. The molecule has 1 aromatic rings. The van der Waals surface area contributed by atoms with Crippen LogP contribution in [0.2, 0.25) is 0 Å². The highest BCUT2D eigenvalue weighted by molar-refractivity contribution is 5.45. The molecular formula is C11H14O2. The molecule has 0 bridgehead atoms. The molecule has 1 heterocycles. The normalized spacial score (nSPS) is 21.2. The van der Waals surface area contributed by atoms with E-state index in [-0.39, 0.29) is 6.10 Å². The zero-order valence-corrected chi connectivity index (χ0v) is 8.00. The summed E-state index contributed by atoms with van der Waals surface area (Å²) in [7, 11) is 0. The first kappa shape index (κ1) is 8.57. The molecule has 0 radical (unpaired) electrons. The quantitative estimate of drug-likeness (QED) is 0.659. The van der Waals surface area contributed by atoms with E-state index < -0.39 is 0 Å². The van der Waals surface area contributed by atoms with E-state index in [1.807, 2.05) is 13.0 Å². The van der Waals surface area contributed by atoms with Gasteiger partial charge in [-0.25, -0.2) is 0 Å². The predicted octanol–water partition coefficient (Wildman–Crippen LogP) is 2.16. The number of hydrogen-bond donors (Lipinski definition) is 1. The zero-order chi connectivity index (χ0) is 9.42. The Bertz CT molecular complexity index is 331. The lowest BCUT2D eigenvalue weighted by Crippen LogP contribution is -2.19. The maximum atomic E-state index is 9.75. The number of fused-ring (bicyclic) bond motifs is 1. The molecule has 2 nitrogen and oxygen atoms in total. The number of phenolic OH excluding ortho intramolecular Hbond substituents is 1. The molecule has 0 amide bonds. The van der Waals surface area contributed by atoms with Crippen LogP contribution in [0.15, 0.2) is 12.1 Å². The standard InChI is InChI=1S/C11H14O2/c1-7-3-4-9-5-8(2)13-6-10(9)11(7)12/h3-4,8,12H,5-6H2,1-2H3/t8-/m0/s1. The third-order valence-electron chi connectivity index (χ3n) is 2.60. The molecule has 2 heteroatoms. The molecule has 0 unspecified atom stereocenters. The molecule has 2 rings (SSSR count). The van der Waals surface area contributed by atoms with Gasteiger partial charge >= 0.3 is 0 Å². The Labute approximate surface area is 78.2 Å². The number of phenols is 1. The van der Waals surface area contributed by atoms with Crippen LogP contribution < -0.4 is 0 Å². The molecule has 1 aliphatic rings. The lowest BCUT2D eigenvalue weighted by Gasteiger charge is -2.23. The van der Waals surface area contributed by atoms with E-state index in [9.17, 15) is 5.11 Å². The van der Waals surface area contributed by atoms with Crippen molar-refractivity contribution in [2.75, 3.05) is 0 Å². The van der Waals surface area contributed by atoms with E-state index in [0.717, 1.165) is 17.5 Å². The first-order valence-electron chi connectivity index (χ1n) is 4.60. The topological polar surface area (TPSA) is 29.5 Å². The van der Waals surface area contributed by atoms with Crippen molar-refractivity contribution >= 4 is 0 Å². The Morgan fingerprint density at radius 2 is 2.23 bits per heavy atom. The van der Waals surface area contributed by atoms with Gasteiger partial charge in [-0.15, -0.1) is 0 Å². The molecule has 0 aromatic heterocycles. The van der Waals surface area contributed by atoms with Crippen LogP contribution in [0.1, 0.15) is 23.6 Å². The van der Waals surface area contributed by atoms with Gasteiger partial charge in [0, 0.05) is 5.56 Å². The van der Waals surface area contributed by atoms with E-state index in [1.54, 1.807) is 0 Å². The summed E-state index contributed by atoms with van der Waals surface area (Å²) in [5.74, 6) is 0.407. The van der Waals surface area contributed by atoms with Gasteiger partial charge in [-0.1, -0.05) is 12.1 Å². The first-order valence-corrected chi connectivity index (χ1v) is 4.60. The third-order valence-corrected chi connectivity index (χ3v) is 2.60. The summed E-state index contributed by atoms with van der Waals surface area (Å²) in [6, 6.07) is 4.05. The van der Waals surface area contributed by atoms with Gasteiger partial charge in [0.2, 0.25) is 0 Å². The SMILES string of the molecule is Cc1ccc2c(c1O)CO[C@@H](C)C2. The number of aryl methyl sites for hydroxylation is 1. The minimum atomic E-state index is 0.273. The Balaban J connectivity index is 2.47. The lowest BCUT2D eigenvalue weighted by molar-refractivity contribution is 0.0396. The minimum absolute atomic E-state index is 0.273. The van der Waals surface area contributed by atoms with Gasteiger partial charge in [-0.2, -0.15) is 0 Å². The van der Waals surface area contributed by atoms with E-state index in [2.05, 4.69) is 13.0 Å². The third kappa shape index (κ3) is 1.42. The van der Waals surface area contributed by atoms with Crippen LogP contribution >= 0.6 is 0 Å². The zero-order valence-electron chi connectivity index (χ0n) is 8.00. The summed E-state index contributed by atoms with van der Waals surface area (Å²) in [6.07, 6.45) is 1.18. The molecule has 1 N–H and O–H groups in total. The summed E-state index contributed by atoms with van der Waals surface area (Å²) in [4.78, 5) is 0. The second-order valence-corrected chi connectivity index (χ2v) is 3.69. The van der Waals surface area contributed by atoms with Gasteiger partial charge in [-0.05, 0) is 31.4 Å². The van der Waals surface area contributed by atoms with Crippen molar-refractivity contribution in [2.45, 2.75) is 33.0 Å². The molecular weight excluding hydrogens is 164 g/mol. The maximum absolute atomic E-state index is 9.75. The highest BCUT2D eigenvalue weighted by Crippen LogP contribution is 2.30. The van der Waals surface area contributed by atoms with Gasteiger partial charge in [-0.3, -0.25) is 0 Å². The van der Waals surface area contributed by atoms with Crippen LogP contribution in [0.4, 0.5) is 0 Å². The second-order valence-electron chi connectivity index (χ2n) is 3.69. The molecule has 13 heavy (non-hydrogen) atoms. The monoisotopic (exact) mass is 178 g/mol. The Kier molecular flexibility index (Phi) is 2.00. The summed E-state index contributed by atoms with van der Waals surface area (Å²) < 4.78 is 5.48. The number of rotatable bonds is 0. The lowest BCUT2D eigenvalue weighted by atomic mass is 9.97. The highest BCUT2D eigenvalue weighted by Gasteiger charge is 2.18. The molecule has 1 aromatic carbocycles. The van der Waals surface area contributed by atoms with Gasteiger partial charge < -0.3 is 9.84 Å². The number of hydrogen-bond acceptors (Lipinski definition) is 2. The molecule has 0 saturated heterocycles.